The molecule has 1 aromatic carbocycles. The van der Waals surface area contributed by atoms with E-state index in [1.54, 1.807) is 35.0 Å². The highest BCUT2D eigenvalue weighted by Crippen LogP contribution is 2.32. The van der Waals surface area contributed by atoms with Gasteiger partial charge in [0, 0.05) is 24.9 Å². The van der Waals surface area contributed by atoms with Gasteiger partial charge in [-0.2, -0.15) is 18.4 Å². The van der Waals surface area contributed by atoms with Crippen molar-refractivity contribution in [3.63, 3.8) is 0 Å². The maximum Gasteiger partial charge on any atom is 0.416 e. The molecule has 0 saturated heterocycles. The van der Waals surface area contributed by atoms with Crippen molar-refractivity contribution in [2.75, 3.05) is 6.54 Å². The van der Waals surface area contributed by atoms with Crippen molar-refractivity contribution in [1.82, 2.24) is 4.57 Å². The zero-order valence-electron chi connectivity index (χ0n) is 14.1. The van der Waals surface area contributed by atoms with Crippen LogP contribution in [0, 0.1) is 11.3 Å². The van der Waals surface area contributed by atoms with Gasteiger partial charge in [-0.3, -0.25) is 4.99 Å². The predicted molar refractivity (Wildman–Crippen MR) is 95.5 cm³/mol. The van der Waals surface area contributed by atoms with Gasteiger partial charge in [0.15, 0.2) is 0 Å². The predicted octanol–water partition coefficient (Wildman–Crippen LogP) is 4.90. The first-order chi connectivity index (χ1) is 12.3. The molecule has 0 aliphatic rings. The van der Waals surface area contributed by atoms with Crippen molar-refractivity contribution in [2.45, 2.75) is 19.0 Å². The number of pyridine rings is 1. The zero-order valence-corrected chi connectivity index (χ0v) is 14.1. The van der Waals surface area contributed by atoms with E-state index in [0.717, 1.165) is 12.1 Å². The molecule has 0 aliphatic carbocycles. The second-order valence-electron chi connectivity index (χ2n) is 5.58. The third kappa shape index (κ3) is 4.73. The van der Waals surface area contributed by atoms with Gasteiger partial charge in [0.2, 0.25) is 0 Å². The van der Waals surface area contributed by atoms with Gasteiger partial charge in [0.25, 0.3) is 0 Å². The highest BCUT2D eigenvalue weighted by atomic mass is 19.4. The zero-order chi connectivity index (χ0) is 19.2. The van der Waals surface area contributed by atoms with Crippen molar-refractivity contribution in [2.24, 2.45) is 4.99 Å². The van der Waals surface area contributed by atoms with Crippen molar-refractivity contribution in [3.8, 4) is 6.07 Å². The van der Waals surface area contributed by atoms with Crippen molar-refractivity contribution < 1.29 is 13.2 Å². The Morgan fingerprint density at radius 3 is 2.62 bits per heavy atom. The summed E-state index contributed by atoms with van der Waals surface area (Å²) in [4.78, 5) is 4.43. The van der Waals surface area contributed by atoms with E-state index in [9.17, 15) is 13.2 Å². The van der Waals surface area contributed by atoms with Crippen molar-refractivity contribution >= 4 is 11.3 Å². The minimum Gasteiger partial charge on any atom is -0.302 e. The molecule has 0 spiro atoms. The van der Waals surface area contributed by atoms with Crippen molar-refractivity contribution in [3.05, 3.63) is 78.4 Å². The number of hydrogen-bond acceptors (Lipinski definition) is 2. The van der Waals surface area contributed by atoms with Gasteiger partial charge < -0.3 is 4.57 Å². The average molecular weight is 357 g/mol. The number of alkyl halides is 3. The quantitative estimate of drug-likeness (QED) is 0.536. The number of unbranched alkanes of at least 4 members (excludes halogenated alkanes) is 1. The first-order valence-electron chi connectivity index (χ1n) is 7.96. The summed E-state index contributed by atoms with van der Waals surface area (Å²) in [5.41, 5.74) is 1.02. The summed E-state index contributed by atoms with van der Waals surface area (Å²) in [6.07, 6.45) is -1.65. The Balaban J connectivity index is 2.33. The summed E-state index contributed by atoms with van der Waals surface area (Å²) < 4.78 is 40.5. The summed E-state index contributed by atoms with van der Waals surface area (Å²) in [6.45, 7) is 8.34. The summed E-state index contributed by atoms with van der Waals surface area (Å²) in [7, 11) is 0. The molecule has 1 aromatic heterocycles. The fourth-order valence-corrected chi connectivity index (χ4v) is 2.34. The number of hydrogen-bond donors (Lipinski definition) is 0. The van der Waals surface area contributed by atoms with Crippen LogP contribution < -0.4 is 5.49 Å². The van der Waals surface area contributed by atoms with Crippen LogP contribution in [-0.2, 0) is 6.18 Å². The third-order valence-corrected chi connectivity index (χ3v) is 3.74. The minimum absolute atomic E-state index is 0.344. The van der Waals surface area contributed by atoms with Crippen LogP contribution in [0.5, 0.6) is 0 Å². The summed E-state index contributed by atoms with van der Waals surface area (Å²) in [6, 6.07) is 12.4. The Kier molecular flexibility index (Phi) is 6.18. The standard InChI is InChI=1S/C20H18F3N3/c1-15(17-8-7-9-18(14-17)20(21,22)23)16(2)26-13-6-3-10-19(26)25-12-5-4-11-24/h3,6-10,13-14H,1-2,4-5,12H2. The SMILES string of the molecule is C=C(C(=C)n1ccccc1=NCCCC#N)c1cccc(C(F)(F)F)c1. The molecule has 6 heteroatoms. The number of halogens is 3. The highest BCUT2D eigenvalue weighted by Gasteiger charge is 2.30. The smallest absolute Gasteiger partial charge is 0.302 e. The number of nitriles is 1. The Bertz CT molecular complexity index is 915. The lowest BCUT2D eigenvalue weighted by Gasteiger charge is -2.15. The van der Waals surface area contributed by atoms with Gasteiger partial charge in [-0.1, -0.05) is 31.4 Å². The Morgan fingerprint density at radius 1 is 1.15 bits per heavy atom. The fourth-order valence-electron chi connectivity index (χ4n) is 2.34. The summed E-state index contributed by atoms with van der Waals surface area (Å²) in [5, 5.41) is 8.58. The van der Waals surface area contributed by atoms with Crippen LogP contribution in [0.15, 0.2) is 66.8 Å². The summed E-state index contributed by atoms with van der Waals surface area (Å²) >= 11 is 0. The lowest BCUT2D eigenvalue weighted by atomic mass is 10.0. The van der Waals surface area contributed by atoms with E-state index in [1.807, 2.05) is 0 Å². The second-order valence-corrected chi connectivity index (χ2v) is 5.58. The molecule has 0 aliphatic heterocycles. The molecule has 0 radical (unpaired) electrons. The number of aromatic nitrogens is 1. The molecule has 3 nitrogen and oxygen atoms in total. The monoisotopic (exact) mass is 357 g/mol. The van der Waals surface area contributed by atoms with Gasteiger partial charge in [-0.15, -0.1) is 0 Å². The molecule has 0 saturated carbocycles. The van der Waals surface area contributed by atoms with Crippen LogP contribution >= 0.6 is 0 Å². The van der Waals surface area contributed by atoms with Gasteiger partial charge in [0.05, 0.1) is 11.6 Å². The van der Waals surface area contributed by atoms with Gasteiger partial charge in [0.1, 0.15) is 5.49 Å². The number of allylic oxidation sites excluding steroid dienone is 2. The molecular formula is C20H18F3N3. The number of benzene rings is 1. The third-order valence-electron chi connectivity index (χ3n) is 3.74. The molecular weight excluding hydrogens is 339 g/mol. The molecule has 134 valence electrons. The minimum atomic E-state index is -4.42. The Morgan fingerprint density at radius 2 is 1.92 bits per heavy atom. The topological polar surface area (TPSA) is 41.1 Å². The van der Waals surface area contributed by atoms with E-state index in [-0.39, 0.29) is 0 Å². The molecule has 0 fully saturated rings. The van der Waals surface area contributed by atoms with E-state index in [4.69, 9.17) is 5.26 Å². The largest absolute Gasteiger partial charge is 0.416 e. The number of rotatable bonds is 6. The highest BCUT2D eigenvalue weighted by molar-refractivity contribution is 5.95. The van der Waals surface area contributed by atoms with Gasteiger partial charge >= 0.3 is 6.18 Å². The van der Waals surface area contributed by atoms with Gasteiger partial charge in [-0.05, 0) is 41.8 Å². The van der Waals surface area contributed by atoms with Crippen LogP contribution in [0.1, 0.15) is 24.0 Å². The normalized spacial score (nSPS) is 11.8. The fraction of sp³-hybridized carbons (Fsp3) is 0.200. The van der Waals surface area contributed by atoms with Crippen LogP contribution in [0.2, 0.25) is 0 Å². The second kappa shape index (κ2) is 8.34. The van der Waals surface area contributed by atoms with E-state index in [0.29, 0.717) is 41.7 Å². The van der Waals surface area contributed by atoms with E-state index in [1.165, 1.54) is 6.07 Å². The van der Waals surface area contributed by atoms with E-state index < -0.39 is 11.7 Å². The Labute approximate surface area is 150 Å². The Hall–Kier alpha value is -3.07. The first kappa shape index (κ1) is 19.3. The molecule has 0 atom stereocenters. The van der Waals surface area contributed by atoms with E-state index in [2.05, 4.69) is 24.2 Å². The molecule has 0 amide bonds. The number of nitrogens with zero attached hydrogens (tertiary/aromatic N) is 3. The van der Waals surface area contributed by atoms with Crippen molar-refractivity contribution in [1.29, 1.82) is 5.26 Å². The molecule has 0 unspecified atom stereocenters. The average Bonchev–Trinajstić information content (AvgIpc) is 2.64. The van der Waals surface area contributed by atoms with Crippen LogP contribution in [0.25, 0.3) is 11.3 Å². The van der Waals surface area contributed by atoms with Crippen LogP contribution in [0.3, 0.4) is 0 Å². The molecule has 2 rings (SSSR count). The molecule has 26 heavy (non-hydrogen) atoms. The van der Waals surface area contributed by atoms with Crippen LogP contribution in [0.4, 0.5) is 13.2 Å². The van der Waals surface area contributed by atoms with Crippen LogP contribution in [-0.4, -0.2) is 11.1 Å². The lowest BCUT2D eigenvalue weighted by molar-refractivity contribution is -0.137. The molecule has 0 N–H and O–H groups in total. The lowest BCUT2D eigenvalue weighted by Crippen LogP contribution is -2.19. The maximum atomic E-state index is 12.9. The van der Waals surface area contributed by atoms with E-state index >= 15 is 0 Å². The summed E-state index contributed by atoms with van der Waals surface area (Å²) in [5.74, 6) is 0. The molecule has 2 aromatic rings. The maximum absolute atomic E-state index is 12.9. The molecule has 0 bridgehead atoms. The molecule has 1 heterocycles. The van der Waals surface area contributed by atoms with Gasteiger partial charge in [-0.25, -0.2) is 0 Å². The first-order valence-corrected chi connectivity index (χ1v) is 7.96.